The maximum Gasteiger partial charge on any atom is 0.407 e. The molecule has 0 aromatic heterocycles. The predicted molar refractivity (Wildman–Crippen MR) is 120 cm³/mol. The normalized spacial score (nSPS) is 21.9. The number of hydrogen-bond donors (Lipinski definition) is 1. The van der Waals surface area contributed by atoms with Crippen LogP contribution in [0.5, 0.6) is 0 Å². The van der Waals surface area contributed by atoms with Gasteiger partial charge in [-0.1, -0.05) is 18.2 Å². The molecule has 2 bridgehead atoms. The molecule has 2 aliphatic rings. The number of carbonyl (C=O) groups is 1. The molecular weight excluding hydrogens is 394 g/mol. The lowest BCUT2D eigenvalue weighted by Gasteiger charge is -2.46. The number of amides is 1. The number of morpholine rings is 2. The Kier molecular flexibility index (Phi) is 8.13. The maximum atomic E-state index is 11.8. The number of anilines is 1. The number of nitrogens with zero attached hydrogens (tertiary/aromatic N) is 4. The molecule has 1 aromatic rings. The minimum atomic E-state index is -0.477. The zero-order valence-corrected chi connectivity index (χ0v) is 18.9. The number of nitrogens with one attached hydrogen (secondary N) is 1. The molecule has 0 spiro atoms. The van der Waals surface area contributed by atoms with Crippen molar-refractivity contribution in [2.75, 3.05) is 57.3 Å². The molecule has 0 radical (unpaired) electrons. The van der Waals surface area contributed by atoms with E-state index in [1.165, 1.54) is 0 Å². The lowest BCUT2D eigenvalue weighted by molar-refractivity contribution is -0.138. The zero-order valence-electron chi connectivity index (χ0n) is 18.9. The molecule has 3 rings (SSSR count). The summed E-state index contributed by atoms with van der Waals surface area (Å²) in [6.07, 6.45) is 3.24. The number of ether oxygens (including phenoxy) is 2. The summed E-state index contributed by atoms with van der Waals surface area (Å²) in [4.78, 5) is 18.4. The monoisotopic (exact) mass is 429 g/mol. The Bertz CT molecular complexity index is 732. The standard InChI is InChI=1S/C23H35N5O3/c1-23(2,3)31-22(29)25-10-13-27-16-20-14-26(15-21(17-27)30-20)11-7-12-28(18-24)19-8-5-4-6-9-19/h4-6,8-9,20-21H,7,10-17H2,1-3H3,(H,25,29). The van der Waals surface area contributed by atoms with Crippen molar-refractivity contribution in [3.8, 4) is 6.19 Å². The summed E-state index contributed by atoms with van der Waals surface area (Å²) in [5.74, 6) is 0. The van der Waals surface area contributed by atoms with E-state index in [4.69, 9.17) is 9.47 Å². The third-order valence-corrected chi connectivity index (χ3v) is 5.37. The van der Waals surface area contributed by atoms with Gasteiger partial charge in [0, 0.05) is 52.4 Å². The van der Waals surface area contributed by atoms with Crippen LogP contribution in [0, 0.1) is 11.5 Å². The van der Waals surface area contributed by atoms with Gasteiger partial charge in [-0.2, -0.15) is 5.26 Å². The molecule has 1 amide bonds. The molecule has 8 heteroatoms. The summed E-state index contributed by atoms with van der Waals surface area (Å²) in [7, 11) is 0. The predicted octanol–water partition coefficient (Wildman–Crippen LogP) is 2.27. The van der Waals surface area contributed by atoms with Crippen LogP contribution >= 0.6 is 0 Å². The van der Waals surface area contributed by atoms with E-state index < -0.39 is 5.60 Å². The van der Waals surface area contributed by atoms with E-state index in [1.54, 1.807) is 4.90 Å². The molecule has 8 nitrogen and oxygen atoms in total. The molecule has 1 N–H and O–H groups in total. The first-order valence-electron chi connectivity index (χ1n) is 11.1. The van der Waals surface area contributed by atoms with Gasteiger partial charge in [-0.3, -0.25) is 14.7 Å². The molecule has 2 unspecified atom stereocenters. The van der Waals surface area contributed by atoms with Crippen LogP contribution < -0.4 is 10.2 Å². The minimum absolute atomic E-state index is 0.190. The minimum Gasteiger partial charge on any atom is -0.444 e. The topological polar surface area (TPSA) is 81.1 Å². The quantitative estimate of drug-likeness (QED) is 0.501. The van der Waals surface area contributed by atoms with Crippen molar-refractivity contribution in [3.63, 3.8) is 0 Å². The first-order chi connectivity index (χ1) is 14.8. The van der Waals surface area contributed by atoms with Crippen LogP contribution in [0.1, 0.15) is 27.2 Å². The van der Waals surface area contributed by atoms with Crippen molar-refractivity contribution < 1.29 is 14.3 Å². The number of carbonyl (C=O) groups excluding carboxylic acids is 1. The van der Waals surface area contributed by atoms with Gasteiger partial charge >= 0.3 is 6.09 Å². The van der Waals surface area contributed by atoms with Crippen molar-refractivity contribution in [2.45, 2.75) is 45.0 Å². The highest BCUT2D eigenvalue weighted by atomic mass is 16.6. The van der Waals surface area contributed by atoms with E-state index in [9.17, 15) is 10.1 Å². The summed E-state index contributed by atoms with van der Waals surface area (Å²) < 4.78 is 11.4. The van der Waals surface area contributed by atoms with Gasteiger partial charge in [-0.05, 0) is 39.3 Å². The summed E-state index contributed by atoms with van der Waals surface area (Å²) in [6.45, 7) is 12.2. The van der Waals surface area contributed by atoms with Gasteiger partial charge in [0.05, 0.1) is 17.9 Å². The number of para-hydroxylation sites is 1. The number of fused-ring (bicyclic) bond motifs is 2. The number of alkyl carbamates (subject to hydrolysis) is 1. The van der Waals surface area contributed by atoms with Crippen LogP contribution in [-0.2, 0) is 9.47 Å². The van der Waals surface area contributed by atoms with Gasteiger partial charge < -0.3 is 14.8 Å². The van der Waals surface area contributed by atoms with Crippen LogP contribution in [0.4, 0.5) is 10.5 Å². The average Bonchev–Trinajstić information content (AvgIpc) is 2.70. The smallest absolute Gasteiger partial charge is 0.407 e. The zero-order chi connectivity index (χ0) is 22.3. The molecule has 31 heavy (non-hydrogen) atoms. The molecule has 2 aliphatic heterocycles. The van der Waals surface area contributed by atoms with E-state index in [1.807, 2.05) is 51.1 Å². The molecule has 170 valence electrons. The van der Waals surface area contributed by atoms with E-state index in [2.05, 4.69) is 21.3 Å². The molecule has 2 saturated heterocycles. The van der Waals surface area contributed by atoms with Gasteiger partial charge in [0.1, 0.15) is 5.60 Å². The number of rotatable bonds is 8. The third-order valence-electron chi connectivity index (χ3n) is 5.37. The van der Waals surface area contributed by atoms with E-state index in [-0.39, 0.29) is 18.3 Å². The Morgan fingerprint density at radius 1 is 1.16 bits per heavy atom. The lowest BCUT2D eigenvalue weighted by atomic mass is 10.1. The van der Waals surface area contributed by atoms with E-state index in [0.29, 0.717) is 6.54 Å². The highest BCUT2D eigenvalue weighted by molar-refractivity contribution is 5.67. The van der Waals surface area contributed by atoms with Crippen molar-refractivity contribution in [3.05, 3.63) is 30.3 Å². The summed E-state index contributed by atoms with van der Waals surface area (Å²) in [5.41, 5.74) is 0.467. The van der Waals surface area contributed by atoms with Crippen LogP contribution in [0.25, 0.3) is 0 Å². The first kappa shape index (κ1) is 23.3. The van der Waals surface area contributed by atoms with Gasteiger partial charge in [0.25, 0.3) is 0 Å². The van der Waals surface area contributed by atoms with Crippen molar-refractivity contribution in [1.29, 1.82) is 5.26 Å². The van der Waals surface area contributed by atoms with Crippen LogP contribution in [0.2, 0.25) is 0 Å². The lowest BCUT2D eigenvalue weighted by Crippen LogP contribution is -2.60. The van der Waals surface area contributed by atoms with E-state index in [0.717, 1.165) is 57.9 Å². The Labute approximate surface area is 185 Å². The van der Waals surface area contributed by atoms with E-state index >= 15 is 0 Å². The van der Waals surface area contributed by atoms with Crippen molar-refractivity contribution >= 4 is 11.8 Å². The number of hydrogen-bond acceptors (Lipinski definition) is 7. The van der Waals surface area contributed by atoms with Gasteiger partial charge in [-0.15, -0.1) is 0 Å². The van der Waals surface area contributed by atoms with Gasteiger partial charge in [0.15, 0.2) is 6.19 Å². The van der Waals surface area contributed by atoms with Crippen molar-refractivity contribution in [1.82, 2.24) is 15.1 Å². The van der Waals surface area contributed by atoms with Crippen molar-refractivity contribution in [2.24, 2.45) is 0 Å². The van der Waals surface area contributed by atoms with Crippen LogP contribution in [0.15, 0.2) is 30.3 Å². The molecule has 2 fully saturated rings. The summed E-state index contributed by atoms with van der Waals surface area (Å²) in [5, 5.41) is 12.3. The number of benzene rings is 1. The number of nitriles is 1. The largest absolute Gasteiger partial charge is 0.444 e. The Morgan fingerprint density at radius 2 is 1.77 bits per heavy atom. The highest BCUT2D eigenvalue weighted by Crippen LogP contribution is 2.19. The maximum absolute atomic E-state index is 11.8. The molecule has 2 heterocycles. The SMILES string of the molecule is CC(C)(C)OC(=O)NCCN1CC2CN(CCCN(C#N)c3ccccc3)CC(C1)O2. The molecule has 2 atom stereocenters. The fourth-order valence-electron chi connectivity index (χ4n) is 4.15. The summed E-state index contributed by atoms with van der Waals surface area (Å²) in [6, 6.07) is 9.81. The second-order valence-corrected chi connectivity index (χ2v) is 9.27. The Balaban J connectivity index is 1.36. The molecular formula is C23H35N5O3. The molecule has 0 aliphatic carbocycles. The van der Waals surface area contributed by atoms with Gasteiger partial charge in [0.2, 0.25) is 0 Å². The molecule has 0 saturated carbocycles. The molecule has 1 aromatic carbocycles. The third kappa shape index (κ3) is 7.69. The van der Waals surface area contributed by atoms with Gasteiger partial charge in [-0.25, -0.2) is 4.79 Å². The Morgan fingerprint density at radius 3 is 2.35 bits per heavy atom. The fourth-order valence-corrected chi connectivity index (χ4v) is 4.15. The fraction of sp³-hybridized carbons (Fsp3) is 0.652. The van der Waals surface area contributed by atoms with Crippen LogP contribution in [0.3, 0.4) is 0 Å². The second kappa shape index (κ2) is 10.8. The average molecular weight is 430 g/mol. The summed E-state index contributed by atoms with van der Waals surface area (Å²) >= 11 is 0. The second-order valence-electron chi connectivity index (χ2n) is 9.27. The Hall–Kier alpha value is -2.34. The van der Waals surface area contributed by atoms with Crippen LogP contribution in [-0.4, -0.2) is 86.1 Å². The highest BCUT2D eigenvalue weighted by Gasteiger charge is 2.34. The first-order valence-corrected chi connectivity index (χ1v) is 11.1.